The molecule has 1 aromatic carbocycles. The molecule has 1 rings (SSSR count). The number of aliphatic hydroxyl groups is 1. The number of rotatable bonds is 4. The summed E-state index contributed by atoms with van der Waals surface area (Å²) in [7, 11) is 0. The van der Waals surface area contributed by atoms with Gasteiger partial charge in [-0.1, -0.05) is 18.5 Å². The van der Waals surface area contributed by atoms with Crippen LogP contribution in [0.15, 0.2) is 18.2 Å². The Balaban J connectivity index is 2.63. The average Bonchev–Trinajstić information content (AvgIpc) is 2.29. The van der Waals surface area contributed by atoms with Crippen molar-refractivity contribution in [1.29, 1.82) is 0 Å². The summed E-state index contributed by atoms with van der Waals surface area (Å²) < 4.78 is 12.8. The number of carbonyl (C=O) groups excluding carboxylic acids is 1. The Morgan fingerprint density at radius 1 is 1.62 bits per heavy atom. The zero-order valence-corrected chi connectivity index (χ0v) is 9.59. The van der Waals surface area contributed by atoms with Gasteiger partial charge in [-0.3, -0.25) is 4.79 Å². The monoisotopic (exact) mass is 245 g/mol. The summed E-state index contributed by atoms with van der Waals surface area (Å²) in [5.41, 5.74) is 0.302. The highest BCUT2D eigenvalue weighted by Crippen LogP contribution is 2.15. The molecule has 0 aliphatic heterocycles. The number of hydrogen-bond donors (Lipinski definition) is 2. The number of carbonyl (C=O) groups is 1. The molecule has 1 amide bonds. The molecule has 5 heteroatoms. The van der Waals surface area contributed by atoms with Crippen LogP contribution >= 0.6 is 11.6 Å². The highest BCUT2D eigenvalue weighted by atomic mass is 35.5. The third-order valence-corrected chi connectivity index (χ3v) is 2.39. The minimum absolute atomic E-state index is 0.00442. The van der Waals surface area contributed by atoms with Gasteiger partial charge in [-0.05, 0) is 24.1 Å². The topological polar surface area (TPSA) is 49.3 Å². The SMILES string of the molecule is CC(CO)CNC(=O)c1ccc(F)c(Cl)c1. The van der Waals surface area contributed by atoms with E-state index in [1.165, 1.54) is 12.1 Å². The molecule has 0 bridgehead atoms. The van der Waals surface area contributed by atoms with Crippen LogP contribution in [0.3, 0.4) is 0 Å². The van der Waals surface area contributed by atoms with E-state index in [2.05, 4.69) is 5.32 Å². The third kappa shape index (κ3) is 3.47. The number of aliphatic hydroxyl groups excluding tert-OH is 1. The number of nitrogens with one attached hydrogen (secondary N) is 1. The molecule has 0 spiro atoms. The van der Waals surface area contributed by atoms with Crippen LogP contribution in [-0.2, 0) is 0 Å². The van der Waals surface area contributed by atoms with Crippen LogP contribution in [0.4, 0.5) is 4.39 Å². The van der Waals surface area contributed by atoms with Crippen molar-refractivity contribution in [2.45, 2.75) is 6.92 Å². The van der Waals surface area contributed by atoms with Gasteiger partial charge in [0.25, 0.3) is 5.91 Å². The lowest BCUT2D eigenvalue weighted by Gasteiger charge is -2.09. The number of halogens is 2. The first-order chi connectivity index (χ1) is 7.54. The lowest BCUT2D eigenvalue weighted by atomic mass is 10.1. The quantitative estimate of drug-likeness (QED) is 0.850. The number of amides is 1. The fraction of sp³-hybridized carbons (Fsp3) is 0.364. The first kappa shape index (κ1) is 12.9. The Kier molecular flexibility index (Phi) is 4.71. The van der Waals surface area contributed by atoms with Crippen LogP contribution in [0.5, 0.6) is 0 Å². The maximum absolute atomic E-state index is 12.8. The maximum Gasteiger partial charge on any atom is 0.251 e. The van der Waals surface area contributed by atoms with Crippen LogP contribution in [0.2, 0.25) is 5.02 Å². The second kappa shape index (κ2) is 5.82. The maximum atomic E-state index is 12.8. The van der Waals surface area contributed by atoms with Gasteiger partial charge < -0.3 is 10.4 Å². The second-order valence-electron chi connectivity index (χ2n) is 3.63. The highest BCUT2D eigenvalue weighted by molar-refractivity contribution is 6.31. The van der Waals surface area contributed by atoms with Gasteiger partial charge >= 0.3 is 0 Å². The average molecular weight is 246 g/mol. The van der Waals surface area contributed by atoms with Gasteiger partial charge in [-0.25, -0.2) is 4.39 Å². The van der Waals surface area contributed by atoms with E-state index in [0.29, 0.717) is 12.1 Å². The molecule has 88 valence electrons. The molecule has 3 nitrogen and oxygen atoms in total. The Bertz CT molecular complexity index is 384. The van der Waals surface area contributed by atoms with Crippen molar-refractivity contribution in [2.75, 3.05) is 13.2 Å². The molecule has 1 unspecified atom stereocenters. The standard InChI is InChI=1S/C11H13ClFNO2/c1-7(6-15)5-14-11(16)8-2-3-10(13)9(12)4-8/h2-4,7,15H,5-6H2,1H3,(H,14,16). The summed E-state index contributed by atoms with van der Waals surface area (Å²) in [6.07, 6.45) is 0. The van der Waals surface area contributed by atoms with E-state index in [1.807, 2.05) is 0 Å². The van der Waals surface area contributed by atoms with Crippen molar-refractivity contribution < 1.29 is 14.3 Å². The molecule has 0 aliphatic carbocycles. The van der Waals surface area contributed by atoms with Crippen molar-refractivity contribution >= 4 is 17.5 Å². The molecule has 2 N–H and O–H groups in total. The molecule has 0 radical (unpaired) electrons. The van der Waals surface area contributed by atoms with Gasteiger partial charge in [-0.15, -0.1) is 0 Å². The normalized spacial score (nSPS) is 12.2. The Hall–Kier alpha value is -1.13. The molecule has 1 atom stereocenters. The molecule has 0 fully saturated rings. The zero-order chi connectivity index (χ0) is 12.1. The van der Waals surface area contributed by atoms with E-state index < -0.39 is 5.82 Å². The number of hydrogen-bond acceptors (Lipinski definition) is 2. The molecule has 0 saturated heterocycles. The molecular weight excluding hydrogens is 233 g/mol. The van der Waals surface area contributed by atoms with Gasteiger partial charge in [0, 0.05) is 18.7 Å². The largest absolute Gasteiger partial charge is 0.396 e. The summed E-state index contributed by atoms with van der Waals surface area (Å²) in [4.78, 5) is 11.6. The first-order valence-electron chi connectivity index (χ1n) is 4.88. The lowest BCUT2D eigenvalue weighted by Crippen LogP contribution is -2.29. The van der Waals surface area contributed by atoms with E-state index in [-0.39, 0.29) is 23.5 Å². The van der Waals surface area contributed by atoms with E-state index >= 15 is 0 Å². The van der Waals surface area contributed by atoms with Crippen molar-refractivity contribution in [3.8, 4) is 0 Å². The smallest absolute Gasteiger partial charge is 0.251 e. The van der Waals surface area contributed by atoms with E-state index in [0.717, 1.165) is 6.07 Å². The van der Waals surface area contributed by atoms with Crippen molar-refractivity contribution in [1.82, 2.24) is 5.32 Å². The summed E-state index contributed by atoms with van der Waals surface area (Å²) in [6, 6.07) is 3.78. The summed E-state index contributed by atoms with van der Waals surface area (Å²) >= 11 is 5.55. The van der Waals surface area contributed by atoms with Gasteiger partial charge in [0.05, 0.1) is 5.02 Å². The van der Waals surface area contributed by atoms with Crippen LogP contribution in [-0.4, -0.2) is 24.2 Å². The molecule has 16 heavy (non-hydrogen) atoms. The Morgan fingerprint density at radius 2 is 2.31 bits per heavy atom. The minimum atomic E-state index is -0.554. The summed E-state index contributed by atoms with van der Waals surface area (Å²) in [5.74, 6) is -0.899. The van der Waals surface area contributed by atoms with Gasteiger partial charge in [0.15, 0.2) is 0 Å². The van der Waals surface area contributed by atoms with Crippen LogP contribution in [0.1, 0.15) is 17.3 Å². The summed E-state index contributed by atoms with van der Waals surface area (Å²) in [5, 5.41) is 11.3. The molecular formula is C11H13ClFNO2. The van der Waals surface area contributed by atoms with Crippen molar-refractivity contribution in [2.24, 2.45) is 5.92 Å². The van der Waals surface area contributed by atoms with E-state index in [1.54, 1.807) is 6.92 Å². The number of benzene rings is 1. The van der Waals surface area contributed by atoms with Crippen LogP contribution in [0.25, 0.3) is 0 Å². The van der Waals surface area contributed by atoms with Gasteiger partial charge in [0.2, 0.25) is 0 Å². The fourth-order valence-electron chi connectivity index (χ4n) is 1.07. The first-order valence-corrected chi connectivity index (χ1v) is 5.26. The van der Waals surface area contributed by atoms with Gasteiger partial charge in [-0.2, -0.15) is 0 Å². The predicted octanol–water partition coefficient (Wildman–Crippen LogP) is 1.84. The molecule has 1 aromatic rings. The minimum Gasteiger partial charge on any atom is -0.396 e. The van der Waals surface area contributed by atoms with E-state index in [9.17, 15) is 9.18 Å². The lowest BCUT2D eigenvalue weighted by molar-refractivity contribution is 0.0942. The molecule has 0 heterocycles. The molecule has 0 aromatic heterocycles. The van der Waals surface area contributed by atoms with Crippen LogP contribution in [0, 0.1) is 11.7 Å². The molecule has 0 saturated carbocycles. The summed E-state index contributed by atoms with van der Waals surface area (Å²) in [6.45, 7) is 2.17. The van der Waals surface area contributed by atoms with E-state index in [4.69, 9.17) is 16.7 Å². The van der Waals surface area contributed by atoms with Crippen molar-refractivity contribution in [3.05, 3.63) is 34.6 Å². The van der Waals surface area contributed by atoms with Crippen molar-refractivity contribution in [3.63, 3.8) is 0 Å². The third-order valence-electron chi connectivity index (χ3n) is 2.10. The highest BCUT2D eigenvalue weighted by Gasteiger charge is 2.09. The second-order valence-corrected chi connectivity index (χ2v) is 4.03. The fourth-order valence-corrected chi connectivity index (χ4v) is 1.25. The molecule has 0 aliphatic rings. The Labute approximate surface area is 98.2 Å². The zero-order valence-electron chi connectivity index (χ0n) is 8.84. The van der Waals surface area contributed by atoms with Crippen LogP contribution < -0.4 is 5.32 Å². The Morgan fingerprint density at radius 3 is 2.88 bits per heavy atom. The van der Waals surface area contributed by atoms with Gasteiger partial charge in [0.1, 0.15) is 5.82 Å². The predicted molar refractivity (Wildman–Crippen MR) is 60.0 cm³/mol.